The van der Waals surface area contributed by atoms with Crippen LogP contribution in [-0.2, 0) is 0 Å². The Kier molecular flexibility index (Phi) is 3.02. The molecule has 2 aromatic carbocycles. The first kappa shape index (κ1) is 11.9. The molecule has 2 nitrogen and oxygen atoms in total. The Hall–Kier alpha value is -2.19. The van der Waals surface area contributed by atoms with Gasteiger partial charge in [-0.2, -0.15) is 0 Å². The van der Waals surface area contributed by atoms with Gasteiger partial charge in [0.1, 0.15) is 0 Å². The Morgan fingerprint density at radius 2 is 1.79 bits per heavy atom. The van der Waals surface area contributed by atoms with Crippen LogP contribution in [0.5, 0.6) is 0 Å². The molecule has 0 radical (unpaired) electrons. The van der Waals surface area contributed by atoms with Crippen molar-refractivity contribution in [3.63, 3.8) is 0 Å². The van der Waals surface area contributed by atoms with E-state index < -0.39 is 0 Å². The van der Waals surface area contributed by atoms with Crippen LogP contribution in [0.4, 0.5) is 0 Å². The summed E-state index contributed by atoms with van der Waals surface area (Å²) < 4.78 is 0. The Bertz CT molecular complexity index is 768. The molecule has 0 spiro atoms. The molecule has 0 saturated carbocycles. The molecule has 0 aliphatic carbocycles. The number of aldehydes is 1. The predicted octanol–water partition coefficient (Wildman–Crippen LogP) is 4.37. The number of pyridine rings is 1. The van der Waals surface area contributed by atoms with Crippen LogP contribution in [0.1, 0.15) is 10.4 Å². The molecule has 0 aliphatic rings. The Balaban J connectivity index is 2.38. The Morgan fingerprint density at radius 1 is 0.947 bits per heavy atom. The third-order valence-corrected chi connectivity index (χ3v) is 3.47. The topological polar surface area (TPSA) is 30.0 Å². The molecule has 3 heteroatoms. The highest BCUT2D eigenvalue weighted by Crippen LogP contribution is 2.33. The molecule has 3 rings (SSSR count). The first-order chi connectivity index (χ1) is 9.31. The Labute approximate surface area is 115 Å². The lowest BCUT2D eigenvalue weighted by Gasteiger charge is -2.09. The minimum atomic E-state index is 0.662. The summed E-state index contributed by atoms with van der Waals surface area (Å²) >= 11 is 6.19. The fourth-order valence-electron chi connectivity index (χ4n) is 2.23. The summed E-state index contributed by atoms with van der Waals surface area (Å²) in [5, 5.41) is 2.57. The van der Waals surface area contributed by atoms with E-state index in [0.29, 0.717) is 10.6 Å². The number of rotatable bonds is 2. The summed E-state index contributed by atoms with van der Waals surface area (Å²) in [4.78, 5) is 15.3. The van der Waals surface area contributed by atoms with E-state index in [4.69, 9.17) is 11.6 Å². The zero-order valence-electron chi connectivity index (χ0n) is 10.0. The number of fused-ring (bicyclic) bond motifs is 1. The summed E-state index contributed by atoms with van der Waals surface area (Å²) in [5.41, 5.74) is 2.53. The number of aromatic nitrogens is 1. The van der Waals surface area contributed by atoms with Crippen LogP contribution in [-0.4, -0.2) is 11.3 Å². The molecule has 1 aromatic heterocycles. The first-order valence-corrected chi connectivity index (χ1v) is 6.26. The largest absolute Gasteiger partial charge is 0.298 e. The van der Waals surface area contributed by atoms with E-state index >= 15 is 0 Å². The van der Waals surface area contributed by atoms with Crippen molar-refractivity contribution in [3.05, 3.63) is 65.4 Å². The van der Waals surface area contributed by atoms with Crippen LogP contribution < -0.4 is 0 Å². The number of benzene rings is 2. The van der Waals surface area contributed by atoms with Gasteiger partial charge in [-0.25, -0.2) is 0 Å². The molecule has 92 valence electrons. The van der Waals surface area contributed by atoms with E-state index in [1.807, 2.05) is 36.4 Å². The number of halogens is 1. The van der Waals surface area contributed by atoms with Gasteiger partial charge in [-0.15, -0.1) is 0 Å². The van der Waals surface area contributed by atoms with Crippen LogP contribution >= 0.6 is 11.6 Å². The predicted molar refractivity (Wildman–Crippen MR) is 77.6 cm³/mol. The van der Waals surface area contributed by atoms with Crippen molar-refractivity contribution < 1.29 is 4.79 Å². The van der Waals surface area contributed by atoms with E-state index in [-0.39, 0.29) is 0 Å². The molecule has 0 amide bonds. The molecule has 0 aliphatic heterocycles. The van der Waals surface area contributed by atoms with Gasteiger partial charge in [0.15, 0.2) is 6.29 Å². The van der Waals surface area contributed by atoms with Crippen molar-refractivity contribution >= 4 is 28.7 Å². The van der Waals surface area contributed by atoms with Gasteiger partial charge >= 0.3 is 0 Å². The van der Waals surface area contributed by atoms with Gasteiger partial charge in [-0.05, 0) is 23.3 Å². The van der Waals surface area contributed by atoms with Crippen molar-refractivity contribution in [2.45, 2.75) is 0 Å². The molecule has 19 heavy (non-hydrogen) atoms. The molecule has 0 unspecified atom stereocenters. The number of hydrogen-bond acceptors (Lipinski definition) is 2. The summed E-state index contributed by atoms with van der Waals surface area (Å²) in [7, 11) is 0. The highest BCUT2D eigenvalue weighted by molar-refractivity contribution is 6.36. The molecule has 3 aromatic rings. The lowest BCUT2D eigenvalue weighted by molar-refractivity contribution is 0.112. The van der Waals surface area contributed by atoms with E-state index in [0.717, 1.165) is 28.2 Å². The van der Waals surface area contributed by atoms with Crippen molar-refractivity contribution in [3.8, 4) is 11.1 Å². The van der Waals surface area contributed by atoms with E-state index in [1.54, 1.807) is 18.5 Å². The second-order valence-corrected chi connectivity index (χ2v) is 4.63. The SMILES string of the molecule is O=Cc1ccccc1-c1ccc(Cl)c2ccncc12. The second kappa shape index (κ2) is 4.82. The van der Waals surface area contributed by atoms with Crippen LogP contribution in [0.3, 0.4) is 0 Å². The molecule has 0 bridgehead atoms. The summed E-state index contributed by atoms with van der Waals surface area (Å²) in [6.45, 7) is 0. The minimum Gasteiger partial charge on any atom is -0.298 e. The van der Waals surface area contributed by atoms with Gasteiger partial charge in [-0.3, -0.25) is 9.78 Å². The van der Waals surface area contributed by atoms with Gasteiger partial charge in [0, 0.05) is 33.8 Å². The smallest absolute Gasteiger partial charge is 0.150 e. The lowest BCUT2D eigenvalue weighted by atomic mass is 9.96. The maximum absolute atomic E-state index is 11.2. The zero-order chi connectivity index (χ0) is 13.2. The van der Waals surface area contributed by atoms with Crippen molar-refractivity contribution in [2.75, 3.05) is 0 Å². The normalized spacial score (nSPS) is 10.6. The second-order valence-electron chi connectivity index (χ2n) is 4.22. The maximum Gasteiger partial charge on any atom is 0.150 e. The maximum atomic E-state index is 11.2. The summed E-state index contributed by atoms with van der Waals surface area (Å²) in [6.07, 6.45) is 4.36. The fourth-order valence-corrected chi connectivity index (χ4v) is 2.46. The van der Waals surface area contributed by atoms with Crippen LogP contribution in [0, 0.1) is 0 Å². The standard InChI is InChI=1S/C16H10ClNO/c17-16-6-5-13(15-9-18-8-7-14(15)16)12-4-2-1-3-11(12)10-19/h1-10H. The molecular weight excluding hydrogens is 258 g/mol. The third kappa shape index (κ3) is 2.00. The van der Waals surface area contributed by atoms with Crippen LogP contribution in [0.2, 0.25) is 5.02 Å². The Morgan fingerprint density at radius 3 is 2.63 bits per heavy atom. The first-order valence-electron chi connectivity index (χ1n) is 5.88. The molecule has 0 saturated heterocycles. The quantitative estimate of drug-likeness (QED) is 0.646. The zero-order valence-corrected chi connectivity index (χ0v) is 10.8. The number of nitrogens with zero attached hydrogens (tertiary/aromatic N) is 1. The van der Waals surface area contributed by atoms with Gasteiger partial charge in [-0.1, -0.05) is 41.9 Å². The summed E-state index contributed by atoms with van der Waals surface area (Å²) in [6, 6.07) is 13.2. The van der Waals surface area contributed by atoms with E-state index in [1.165, 1.54) is 0 Å². The van der Waals surface area contributed by atoms with E-state index in [2.05, 4.69) is 4.98 Å². The third-order valence-electron chi connectivity index (χ3n) is 3.14. The minimum absolute atomic E-state index is 0.662. The molecular formula is C16H10ClNO. The summed E-state index contributed by atoms with van der Waals surface area (Å²) in [5.74, 6) is 0. The van der Waals surface area contributed by atoms with Crippen molar-refractivity contribution in [2.24, 2.45) is 0 Å². The van der Waals surface area contributed by atoms with Gasteiger partial charge in [0.25, 0.3) is 0 Å². The molecule has 0 atom stereocenters. The molecule has 0 fully saturated rings. The molecule has 1 heterocycles. The van der Waals surface area contributed by atoms with Crippen LogP contribution in [0.25, 0.3) is 21.9 Å². The molecule has 0 N–H and O–H groups in total. The van der Waals surface area contributed by atoms with Gasteiger partial charge < -0.3 is 0 Å². The van der Waals surface area contributed by atoms with Crippen molar-refractivity contribution in [1.82, 2.24) is 4.98 Å². The number of carbonyl (C=O) groups is 1. The average Bonchev–Trinajstić information content (AvgIpc) is 2.48. The highest BCUT2D eigenvalue weighted by atomic mass is 35.5. The van der Waals surface area contributed by atoms with Crippen molar-refractivity contribution in [1.29, 1.82) is 0 Å². The van der Waals surface area contributed by atoms with Gasteiger partial charge in [0.05, 0.1) is 0 Å². The highest BCUT2D eigenvalue weighted by Gasteiger charge is 2.09. The van der Waals surface area contributed by atoms with Gasteiger partial charge in [0.2, 0.25) is 0 Å². The monoisotopic (exact) mass is 267 g/mol. The average molecular weight is 268 g/mol. The lowest BCUT2D eigenvalue weighted by Crippen LogP contribution is -1.89. The number of carbonyl (C=O) groups excluding carboxylic acids is 1. The number of hydrogen-bond donors (Lipinski definition) is 0. The van der Waals surface area contributed by atoms with E-state index in [9.17, 15) is 4.79 Å². The van der Waals surface area contributed by atoms with Crippen LogP contribution in [0.15, 0.2) is 54.9 Å². The fraction of sp³-hybridized carbons (Fsp3) is 0.